The molecule has 1 rings (SSSR count). The lowest BCUT2D eigenvalue weighted by atomic mass is 10.3. The average molecular weight is 259 g/mol. The molecule has 0 aliphatic rings. The van der Waals surface area contributed by atoms with Gasteiger partial charge in [0.15, 0.2) is 0 Å². The molecule has 1 heterocycles. The van der Waals surface area contributed by atoms with Gasteiger partial charge in [0.05, 0.1) is 6.61 Å². The first-order valence-corrected chi connectivity index (χ1v) is 5.54. The van der Waals surface area contributed by atoms with Gasteiger partial charge in [0.25, 0.3) is 0 Å². The molecule has 0 fully saturated rings. The van der Waals surface area contributed by atoms with E-state index in [0.717, 1.165) is 23.3 Å². The number of rotatable bonds is 5. The molecule has 0 aliphatic heterocycles. The molecule has 0 aromatic carbocycles. The smallest absolute Gasteiger partial charge is 0.128 e. The average Bonchev–Trinajstić information content (AvgIpc) is 2.19. The van der Waals surface area contributed by atoms with Crippen LogP contribution in [0.3, 0.4) is 0 Å². The minimum absolute atomic E-state index is 0.164. The van der Waals surface area contributed by atoms with E-state index in [0.29, 0.717) is 6.54 Å². The molecule has 0 spiro atoms. The Kier molecular flexibility index (Phi) is 4.90. The quantitative estimate of drug-likeness (QED) is 0.879. The Hall–Kier alpha value is -0.610. The van der Waals surface area contributed by atoms with E-state index < -0.39 is 0 Å². The topological polar surface area (TPSA) is 36.4 Å². The number of aromatic nitrogens is 1. The molecule has 4 heteroatoms. The second-order valence-corrected chi connectivity index (χ2v) is 3.96. The van der Waals surface area contributed by atoms with Gasteiger partial charge in [-0.25, -0.2) is 4.98 Å². The summed E-state index contributed by atoms with van der Waals surface area (Å²) in [5, 5.41) is 8.90. The van der Waals surface area contributed by atoms with E-state index in [1.165, 1.54) is 0 Å². The maximum Gasteiger partial charge on any atom is 0.128 e. The zero-order valence-corrected chi connectivity index (χ0v) is 9.87. The summed E-state index contributed by atoms with van der Waals surface area (Å²) in [5.74, 6) is 0.920. The van der Waals surface area contributed by atoms with E-state index in [2.05, 4.69) is 32.7 Å². The Morgan fingerprint density at radius 2 is 2.21 bits per heavy atom. The molecule has 0 saturated heterocycles. The Morgan fingerprint density at radius 1 is 1.43 bits per heavy atom. The van der Waals surface area contributed by atoms with Gasteiger partial charge in [-0.2, -0.15) is 0 Å². The van der Waals surface area contributed by atoms with Crippen LogP contribution in [-0.4, -0.2) is 29.8 Å². The lowest BCUT2D eigenvalue weighted by Crippen LogP contribution is -2.28. The number of halogens is 1. The molecule has 1 aromatic heterocycles. The summed E-state index contributed by atoms with van der Waals surface area (Å²) < 4.78 is 0.974. The molecule has 1 aromatic rings. The molecule has 0 bridgehead atoms. The van der Waals surface area contributed by atoms with Crippen LogP contribution in [0, 0.1) is 0 Å². The van der Waals surface area contributed by atoms with Crippen molar-refractivity contribution >= 4 is 21.7 Å². The molecule has 78 valence electrons. The van der Waals surface area contributed by atoms with Crippen LogP contribution < -0.4 is 4.90 Å². The molecular formula is C10H15BrN2O. The molecule has 14 heavy (non-hydrogen) atoms. The number of nitrogens with zero attached hydrogens (tertiary/aromatic N) is 2. The van der Waals surface area contributed by atoms with Crippen molar-refractivity contribution in [2.75, 3.05) is 24.6 Å². The van der Waals surface area contributed by atoms with Gasteiger partial charge in [0, 0.05) is 23.8 Å². The van der Waals surface area contributed by atoms with Gasteiger partial charge in [-0.1, -0.05) is 6.92 Å². The van der Waals surface area contributed by atoms with Gasteiger partial charge in [-0.05, 0) is 34.5 Å². The first-order valence-electron chi connectivity index (χ1n) is 4.75. The van der Waals surface area contributed by atoms with Crippen LogP contribution in [0.25, 0.3) is 0 Å². The zero-order valence-electron chi connectivity index (χ0n) is 8.28. The highest BCUT2D eigenvalue weighted by atomic mass is 79.9. The first kappa shape index (κ1) is 11.5. The normalized spacial score (nSPS) is 10.2. The van der Waals surface area contributed by atoms with Gasteiger partial charge in [0.1, 0.15) is 5.82 Å². The number of hydrogen-bond acceptors (Lipinski definition) is 3. The van der Waals surface area contributed by atoms with Crippen molar-refractivity contribution in [3.8, 4) is 0 Å². The Bertz CT molecular complexity index is 257. The van der Waals surface area contributed by atoms with Gasteiger partial charge in [0.2, 0.25) is 0 Å². The second-order valence-electron chi connectivity index (χ2n) is 3.05. The van der Waals surface area contributed by atoms with Crippen molar-refractivity contribution in [2.45, 2.75) is 13.3 Å². The fraction of sp³-hybridized carbons (Fsp3) is 0.500. The largest absolute Gasteiger partial charge is 0.395 e. The van der Waals surface area contributed by atoms with Crippen LogP contribution in [0.1, 0.15) is 13.3 Å². The van der Waals surface area contributed by atoms with Crippen molar-refractivity contribution in [1.29, 1.82) is 0 Å². The Morgan fingerprint density at radius 3 is 2.71 bits per heavy atom. The molecule has 0 aliphatic carbocycles. The maximum atomic E-state index is 8.90. The predicted octanol–water partition coefficient (Wildman–Crippen LogP) is 2.05. The van der Waals surface area contributed by atoms with Gasteiger partial charge in [-0.3, -0.25) is 0 Å². The van der Waals surface area contributed by atoms with Crippen LogP contribution >= 0.6 is 15.9 Å². The predicted molar refractivity (Wildman–Crippen MR) is 61.5 cm³/mol. The summed E-state index contributed by atoms with van der Waals surface area (Å²) >= 11 is 3.34. The third-order valence-electron chi connectivity index (χ3n) is 1.90. The van der Waals surface area contributed by atoms with Crippen molar-refractivity contribution in [3.63, 3.8) is 0 Å². The summed E-state index contributed by atoms with van der Waals surface area (Å²) in [6.45, 7) is 3.85. The molecule has 0 amide bonds. The Balaban J connectivity index is 2.71. The first-order chi connectivity index (χ1) is 6.77. The molecular weight excluding hydrogens is 244 g/mol. The van der Waals surface area contributed by atoms with Crippen LogP contribution in [0.4, 0.5) is 5.82 Å². The molecule has 1 N–H and O–H groups in total. The van der Waals surface area contributed by atoms with Gasteiger partial charge < -0.3 is 10.0 Å². The van der Waals surface area contributed by atoms with Crippen LogP contribution in [-0.2, 0) is 0 Å². The molecule has 0 atom stereocenters. The van der Waals surface area contributed by atoms with Crippen LogP contribution in [0.2, 0.25) is 0 Å². The highest BCUT2D eigenvalue weighted by molar-refractivity contribution is 9.10. The molecule has 0 saturated carbocycles. The van der Waals surface area contributed by atoms with Gasteiger partial charge >= 0.3 is 0 Å². The third kappa shape index (κ3) is 3.27. The van der Waals surface area contributed by atoms with Crippen molar-refractivity contribution in [3.05, 3.63) is 22.8 Å². The second kappa shape index (κ2) is 5.98. The molecule has 0 radical (unpaired) electrons. The summed E-state index contributed by atoms with van der Waals surface area (Å²) in [6.07, 6.45) is 2.83. The standard InChI is InChI=1S/C10H15BrN2O/c1-2-5-13(6-7-14)10-4-3-9(11)8-12-10/h3-4,8,14H,2,5-7H2,1H3. The number of aliphatic hydroxyl groups excluding tert-OH is 1. The lowest BCUT2D eigenvalue weighted by molar-refractivity contribution is 0.301. The highest BCUT2D eigenvalue weighted by Gasteiger charge is 2.05. The summed E-state index contributed by atoms with van der Waals surface area (Å²) in [6, 6.07) is 3.91. The number of pyridine rings is 1. The number of anilines is 1. The third-order valence-corrected chi connectivity index (χ3v) is 2.37. The highest BCUT2D eigenvalue weighted by Crippen LogP contribution is 2.14. The van der Waals surface area contributed by atoms with E-state index >= 15 is 0 Å². The van der Waals surface area contributed by atoms with Crippen molar-refractivity contribution in [1.82, 2.24) is 4.98 Å². The van der Waals surface area contributed by atoms with Crippen molar-refractivity contribution < 1.29 is 5.11 Å². The zero-order chi connectivity index (χ0) is 10.4. The molecule has 3 nitrogen and oxygen atoms in total. The van der Waals surface area contributed by atoms with E-state index in [-0.39, 0.29) is 6.61 Å². The number of aliphatic hydroxyl groups is 1. The fourth-order valence-electron chi connectivity index (χ4n) is 1.29. The fourth-order valence-corrected chi connectivity index (χ4v) is 1.52. The Labute approximate surface area is 92.9 Å². The molecule has 0 unspecified atom stereocenters. The summed E-state index contributed by atoms with van der Waals surface area (Å²) in [7, 11) is 0. The SMILES string of the molecule is CCCN(CCO)c1ccc(Br)cn1. The van der Waals surface area contributed by atoms with Crippen LogP contribution in [0.5, 0.6) is 0 Å². The lowest BCUT2D eigenvalue weighted by Gasteiger charge is -2.21. The van der Waals surface area contributed by atoms with E-state index in [1.807, 2.05) is 12.1 Å². The monoisotopic (exact) mass is 258 g/mol. The minimum atomic E-state index is 0.164. The van der Waals surface area contributed by atoms with E-state index in [9.17, 15) is 0 Å². The van der Waals surface area contributed by atoms with Crippen LogP contribution in [0.15, 0.2) is 22.8 Å². The van der Waals surface area contributed by atoms with Gasteiger partial charge in [-0.15, -0.1) is 0 Å². The number of hydrogen-bond donors (Lipinski definition) is 1. The van der Waals surface area contributed by atoms with E-state index in [4.69, 9.17) is 5.11 Å². The summed E-state index contributed by atoms with van der Waals surface area (Å²) in [4.78, 5) is 6.36. The maximum absolute atomic E-state index is 8.90. The minimum Gasteiger partial charge on any atom is -0.395 e. The van der Waals surface area contributed by atoms with E-state index in [1.54, 1.807) is 6.20 Å². The summed E-state index contributed by atoms with van der Waals surface area (Å²) in [5.41, 5.74) is 0. The van der Waals surface area contributed by atoms with Crippen molar-refractivity contribution in [2.24, 2.45) is 0 Å².